The van der Waals surface area contributed by atoms with E-state index in [4.69, 9.17) is 10.5 Å². The first-order chi connectivity index (χ1) is 9.75. The van der Waals surface area contributed by atoms with Gasteiger partial charge in [0.15, 0.2) is 23.1 Å². The molecule has 0 saturated carbocycles. The van der Waals surface area contributed by atoms with Crippen LogP contribution in [0.1, 0.15) is 20.8 Å². The van der Waals surface area contributed by atoms with E-state index in [1.165, 1.54) is 0 Å². The lowest BCUT2D eigenvalue weighted by Gasteiger charge is -2.59. The molecule has 1 rings (SSSR count). The molecule has 5 atom stereocenters. The number of nitrogens with two attached hydrogens (primary N) is 1. The predicted molar refractivity (Wildman–Crippen MR) is 68.0 cm³/mol. The van der Waals surface area contributed by atoms with Crippen LogP contribution in [-0.4, -0.2) is 78.3 Å². The molecule has 0 aromatic heterocycles. The Balaban J connectivity index is 3.88. The normalized spacial score (nSPS) is 45.4. The minimum atomic E-state index is -3.59. The lowest BCUT2D eigenvalue weighted by atomic mass is 9.62. The van der Waals surface area contributed by atoms with Gasteiger partial charge in [-0.2, -0.15) is 0 Å². The van der Waals surface area contributed by atoms with Crippen LogP contribution < -0.4 is 5.73 Å². The summed E-state index contributed by atoms with van der Waals surface area (Å²) in [6.07, 6.45) is -2.05. The number of ether oxygens (including phenoxy) is 1. The van der Waals surface area contributed by atoms with Crippen LogP contribution in [0, 0.1) is 0 Å². The molecular weight excluding hydrogens is 302 g/mol. The van der Waals surface area contributed by atoms with E-state index in [9.17, 15) is 39.9 Å². The van der Waals surface area contributed by atoms with Gasteiger partial charge in [-0.3, -0.25) is 20.1 Å². The Bertz CT molecular complexity index is 533. The van der Waals surface area contributed by atoms with Gasteiger partial charge < -0.3 is 30.3 Å². The summed E-state index contributed by atoms with van der Waals surface area (Å²) in [7, 11) is 0. The molecule has 1 saturated heterocycles. The van der Waals surface area contributed by atoms with E-state index < -0.39 is 52.8 Å². The molecule has 22 heavy (non-hydrogen) atoms. The van der Waals surface area contributed by atoms with Crippen molar-refractivity contribution < 1.29 is 44.7 Å². The summed E-state index contributed by atoms with van der Waals surface area (Å²) < 4.78 is 4.72. The zero-order valence-corrected chi connectivity index (χ0v) is 12.2. The molecule has 0 aliphatic carbocycles. The van der Waals surface area contributed by atoms with E-state index >= 15 is 0 Å². The number of carbonyl (C=O) groups excluding carboxylic acids is 3. The molecule has 0 amide bonds. The van der Waals surface area contributed by atoms with Gasteiger partial charge in [-0.05, 0) is 13.8 Å². The van der Waals surface area contributed by atoms with Crippen molar-refractivity contribution in [3.8, 4) is 0 Å². The number of hydrogen-bond donors (Lipinski definition) is 6. The highest BCUT2D eigenvalue weighted by atomic mass is 16.7. The van der Waals surface area contributed by atoms with Gasteiger partial charge in [0.25, 0.3) is 5.79 Å². The summed E-state index contributed by atoms with van der Waals surface area (Å²) in [5.41, 5.74) is -4.87. The fourth-order valence-electron chi connectivity index (χ4n) is 2.69. The Labute approximate surface area is 125 Å². The smallest absolute Gasteiger partial charge is 0.267 e. The Morgan fingerprint density at radius 2 is 1.36 bits per heavy atom. The molecular formula is C12H19NO9. The number of carbonyl (C=O) groups is 3. The highest BCUT2D eigenvalue weighted by Gasteiger charge is 2.81. The van der Waals surface area contributed by atoms with Gasteiger partial charge in [0.1, 0.15) is 6.10 Å². The van der Waals surface area contributed by atoms with Crippen LogP contribution in [0.3, 0.4) is 0 Å². The zero-order valence-electron chi connectivity index (χ0n) is 12.2. The standard InChI is InChI=1S/C12H19NO9/c1-5(15)9(18)10(19,6(2)16)12(21,7(3)17)22-8(4-14)11(9,13)20/h8,14,18-21H,4,13H2,1-3H3/t8-,9+,10+,11+,12?/m1/s1. The lowest BCUT2D eigenvalue weighted by molar-refractivity contribution is -0.399. The summed E-state index contributed by atoms with van der Waals surface area (Å²) in [5.74, 6) is -7.63. The summed E-state index contributed by atoms with van der Waals surface area (Å²) in [6, 6.07) is 0. The van der Waals surface area contributed by atoms with Gasteiger partial charge in [-0.15, -0.1) is 0 Å². The summed E-state index contributed by atoms with van der Waals surface area (Å²) in [5, 5.41) is 50.8. The molecule has 10 nitrogen and oxygen atoms in total. The molecule has 1 unspecified atom stereocenters. The van der Waals surface area contributed by atoms with Crippen molar-refractivity contribution in [2.75, 3.05) is 6.61 Å². The summed E-state index contributed by atoms with van der Waals surface area (Å²) in [4.78, 5) is 35.4. The molecule has 1 heterocycles. The Morgan fingerprint density at radius 1 is 0.955 bits per heavy atom. The van der Waals surface area contributed by atoms with Crippen molar-refractivity contribution >= 4 is 17.3 Å². The number of Topliss-reactive ketones (excluding diaryl/α,β-unsaturated/α-hetero) is 3. The third-order valence-electron chi connectivity index (χ3n) is 4.06. The zero-order chi connectivity index (χ0) is 17.7. The monoisotopic (exact) mass is 321 g/mol. The largest absolute Gasteiger partial charge is 0.393 e. The van der Waals surface area contributed by atoms with E-state index in [0.29, 0.717) is 20.8 Å². The molecule has 0 aromatic carbocycles. The maximum Gasteiger partial charge on any atom is 0.267 e. The minimum absolute atomic E-state index is 0.653. The second kappa shape index (κ2) is 5.13. The second-order valence-corrected chi connectivity index (χ2v) is 5.35. The Kier molecular flexibility index (Phi) is 4.38. The van der Waals surface area contributed by atoms with Crippen LogP contribution in [0.15, 0.2) is 0 Å². The first-order valence-corrected chi connectivity index (χ1v) is 6.25. The van der Waals surface area contributed by atoms with E-state index in [0.717, 1.165) is 0 Å². The number of rotatable bonds is 4. The van der Waals surface area contributed by atoms with Crippen LogP contribution in [0.5, 0.6) is 0 Å². The molecule has 1 fully saturated rings. The van der Waals surface area contributed by atoms with E-state index in [1.807, 2.05) is 0 Å². The molecule has 1 aliphatic rings. The molecule has 126 valence electrons. The molecule has 0 bridgehead atoms. The molecule has 1 aliphatic heterocycles. The number of ketones is 3. The molecule has 0 aromatic rings. The lowest BCUT2D eigenvalue weighted by Crippen LogP contribution is -2.91. The Morgan fingerprint density at radius 3 is 1.64 bits per heavy atom. The third-order valence-corrected chi connectivity index (χ3v) is 4.06. The first kappa shape index (κ1) is 18.8. The summed E-state index contributed by atoms with van der Waals surface area (Å²) in [6.45, 7) is 0.905. The van der Waals surface area contributed by atoms with Crippen LogP contribution in [-0.2, 0) is 19.1 Å². The van der Waals surface area contributed by atoms with Gasteiger partial charge in [0.05, 0.1) is 6.61 Å². The molecule has 0 radical (unpaired) electrons. The summed E-state index contributed by atoms with van der Waals surface area (Å²) >= 11 is 0. The van der Waals surface area contributed by atoms with Crippen molar-refractivity contribution in [3.05, 3.63) is 0 Å². The van der Waals surface area contributed by atoms with Crippen molar-refractivity contribution in [1.29, 1.82) is 0 Å². The topological polar surface area (TPSA) is 188 Å². The van der Waals surface area contributed by atoms with Crippen LogP contribution in [0.4, 0.5) is 0 Å². The Hall–Kier alpha value is -1.27. The highest BCUT2D eigenvalue weighted by molar-refractivity contribution is 6.04. The van der Waals surface area contributed by atoms with Gasteiger partial charge in [-0.1, -0.05) is 0 Å². The molecule has 0 spiro atoms. The first-order valence-electron chi connectivity index (χ1n) is 6.25. The van der Waals surface area contributed by atoms with Crippen molar-refractivity contribution in [3.63, 3.8) is 0 Å². The minimum Gasteiger partial charge on any atom is -0.393 e. The maximum absolute atomic E-state index is 11.9. The fourth-order valence-corrected chi connectivity index (χ4v) is 2.69. The SMILES string of the molecule is CC(=O)C1(O)O[C@H](CO)[C@](N)(O)[C@](O)(C(C)=O)[C@@]1(O)C(C)=O. The van der Waals surface area contributed by atoms with Crippen molar-refractivity contribution in [1.82, 2.24) is 0 Å². The average Bonchev–Trinajstić information content (AvgIpc) is 2.39. The van der Waals surface area contributed by atoms with E-state index in [2.05, 4.69) is 0 Å². The highest BCUT2D eigenvalue weighted by Crippen LogP contribution is 2.48. The van der Waals surface area contributed by atoms with E-state index in [1.54, 1.807) is 0 Å². The van der Waals surface area contributed by atoms with Gasteiger partial charge in [-0.25, -0.2) is 0 Å². The quantitative estimate of drug-likeness (QED) is 0.278. The van der Waals surface area contributed by atoms with Crippen molar-refractivity contribution in [2.24, 2.45) is 5.73 Å². The number of aliphatic hydroxyl groups excluding tert-OH is 1. The van der Waals surface area contributed by atoms with E-state index in [-0.39, 0.29) is 0 Å². The van der Waals surface area contributed by atoms with Gasteiger partial charge in [0, 0.05) is 6.92 Å². The van der Waals surface area contributed by atoms with Crippen LogP contribution in [0.25, 0.3) is 0 Å². The van der Waals surface area contributed by atoms with Crippen LogP contribution in [0.2, 0.25) is 0 Å². The third kappa shape index (κ3) is 1.83. The van der Waals surface area contributed by atoms with Crippen molar-refractivity contribution in [2.45, 2.75) is 49.6 Å². The average molecular weight is 321 g/mol. The maximum atomic E-state index is 11.9. The molecule has 10 heteroatoms. The molecule has 7 N–H and O–H groups in total. The number of hydrogen-bond acceptors (Lipinski definition) is 10. The number of aliphatic hydroxyl groups is 5. The fraction of sp³-hybridized carbons (Fsp3) is 0.750. The van der Waals surface area contributed by atoms with Crippen LogP contribution >= 0.6 is 0 Å². The second-order valence-electron chi connectivity index (χ2n) is 5.35. The predicted octanol–water partition coefficient (Wildman–Crippen LogP) is -4.06. The van der Waals surface area contributed by atoms with Gasteiger partial charge in [0.2, 0.25) is 11.2 Å². The van der Waals surface area contributed by atoms with Gasteiger partial charge >= 0.3 is 0 Å².